The number of rotatable bonds is 3. The Labute approximate surface area is 93.8 Å². The third kappa shape index (κ3) is 2.53. The van der Waals surface area contributed by atoms with Crippen LogP contribution < -0.4 is 5.32 Å². The Morgan fingerprint density at radius 3 is 2.27 bits per heavy atom. The minimum Gasteiger partial charge on any atom is -0.359 e. The Bertz CT molecular complexity index is 227. The monoisotopic (exact) mass is 211 g/mol. The van der Waals surface area contributed by atoms with Gasteiger partial charge in [0.15, 0.2) is 0 Å². The van der Waals surface area contributed by atoms with Gasteiger partial charge in [0.25, 0.3) is 0 Å². The lowest BCUT2D eigenvalue weighted by molar-refractivity contribution is -0.126. The normalized spacial score (nSPS) is 34.9. The molecule has 2 unspecified atom stereocenters. The standard InChI is InChI=1S/C13H25NO/c1-8-6-7-12(9(8)2)10(3)11(4)13(15)14-5/h8-12H,6-7H2,1-5H3,(H,14,15)/t8-,9?,10+,11-,12?/m1/s1. The number of hydrogen-bond donors (Lipinski definition) is 1. The van der Waals surface area contributed by atoms with Crippen molar-refractivity contribution in [1.29, 1.82) is 0 Å². The lowest BCUT2D eigenvalue weighted by Crippen LogP contribution is -2.33. The van der Waals surface area contributed by atoms with Crippen molar-refractivity contribution in [1.82, 2.24) is 5.32 Å². The molecule has 0 heterocycles. The number of hydrogen-bond acceptors (Lipinski definition) is 1. The summed E-state index contributed by atoms with van der Waals surface area (Å²) in [6, 6.07) is 0. The second kappa shape index (κ2) is 5.00. The molecule has 1 fully saturated rings. The van der Waals surface area contributed by atoms with Crippen LogP contribution in [0.2, 0.25) is 0 Å². The van der Waals surface area contributed by atoms with Crippen molar-refractivity contribution < 1.29 is 4.79 Å². The van der Waals surface area contributed by atoms with Gasteiger partial charge in [-0.25, -0.2) is 0 Å². The highest BCUT2D eigenvalue weighted by atomic mass is 16.1. The summed E-state index contributed by atoms with van der Waals surface area (Å²) in [4.78, 5) is 11.6. The maximum Gasteiger partial charge on any atom is 0.222 e. The lowest BCUT2D eigenvalue weighted by atomic mass is 9.77. The highest BCUT2D eigenvalue weighted by Crippen LogP contribution is 2.42. The third-order valence-electron chi connectivity index (χ3n) is 4.65. The molecule has 1 N–H and O–H groups in total. The predicted octanol–water partition coefficient (Wildman–Crippen LogP) is 2.69. The Hall–Kier alpha value is -0.530. The van der Waals surface area contributed by atoms with E-state index in [1.807, 2.05) is 0 Å². The van der Waals surface area contributed by atoms with Gasteiger partial charge in [-0.3, -0.25) is 4.79 Å². The van der Waals surface area contributed by atoms with Gasteiger partial charge in [0.05, 0.1) is 0 Å². The van der Waals surface area contributed by atoms with E-state index in [-0.39, 0.29) is 11.8 Å². The zero-order valence-electron chi connectivity index (χ0n) is 10.7. The van der Waals surface area contributed by atoms with Gasteiger partial charge in [-0.15, -0.1) is 0 Å². The summed E-state index contributed by atoms with van der Waals surface area (Å²) in [5.41, 5.74) is 0. The van der Waals surface area contributed by atoms with Crippen LogP contribution in [0.4, 0.5) is 0 Å². The van der Waals surface area contributed by atoms with E-state index in [0.717, 1.165) is 17.8 Å². The molecule has 0 saturated heterocycles. The average molecular weight is 211 g/mol. The van der Waals surface area contributed by atoms with E-state index < -0.39 is 0 Å². The summed E-state index contributed by atoms with van der Waals surface area (Å²) in [6.45, 7) is 8.97. The van der Waals surface area contributed by atoms with Crippen molar-refractivity contribution in [2.45, 2.75) is 40.5 Å². The minimum absolute atomic E-state index is 0.146. The molecular weight excluding hydrogens is 186 g/mol. The molecule has 1 aliphatic rings. The van der Waals surface area contributed by atoms with E-state index in [2.05, 4.69) is 33.0 Å². The highest BCUT2D eigenvalue weighted by molar-refractivity contribution is 5.78. The Balaban J connectivity index is 2.60. The number of carbonyl (C=O) groups excluding carboxylic acids is 1. The molecule has 0 aromatic carbocycles. The van der Waals surface area contributed by atoms with Gasteiger partial charge in [-0.05, 0) is 30.1 Å². The van der Waals surface area contributed by atoms with Crippen LogP contribution in [0.3, 0.4) is 0 Å². The molecule has 5 atom stereocenters. The fourth-order valence-electron chi connectivity index (χ4n) is 2.98. The molecule has 1 aliphatic carbocycles. The Morgan fingerprint density at radius 2 is 1.87 bits per heavy atom. The molecule has 2 nitrogen and oxygen atoms in total. The fraction of sp³-hybridized carbons (Fsp3) is 0.923. The average Bonchev–Trinajstić information content (AvgIpc) is 2.56. The summed E-state index contributed by atoms with van der Waals surface area (Å²) in [6.07, 6.45) is 2.63. The van der Waals surface area contributed by atoms with E-state index in [4.69, 9.17) is 0 Å². The van der Waals surface area contributed by atoms with Crippen LogP contribution >= 0.6 is 0 Å². The molecule has 0 aliphatic heterocycles. The van der Waals surface area contributed by atoms with E-state index in [0.29, 0.717) is 5.92 Å². The smallest absolute Gasteiger partial charge is 0.222 e. The van der Waals surface area contributed by atoms with Crippen molar-refractivity contribution in [3.05, 3.63) is 0 Å². The van der Waals surface area contributed by atoms with Gasteiger partial charge < -0.3 is 5.32 Å². The van der Waals surface area contributed by atoms with E-state index in [1.165, 1.54) is 12.8 Å². The quantitative estimate of drug-likeness (QED) is 0.764. The van der Waals surface area contributed by atoms with Crippen molar-refractivity contribution in [2.24, 2.45) is 29.6 Å². The summed E-state index contributed by atoms with van der Waals surface area (Å²) in [7, 11) is 1.73. The van der Waals surface area contributed by atoms with Crippen LogP contribution in [0, 0.1) is 29.6 Å². The van der Waals surface area contributed by atoms with E-state index in [9.17, 15) is 4.79 Å². The molecule has 15 heavy (non-hydrogen) atoms. The van der Waals surface area contributed by atoms with Gasteiger partial charge in [0, 0.05) is 13.0 Å². The van der Waals surface area contributed by atoms with Crippen LogP contribution in [0.25, 0.3) is 0 Å². The van der Waals surface area contributed by atoms with Gasteiger partial charge in [-0.2, -0.15) is 0 Å². The van der Waals surface area contributed by atoms with Crippen molar-refractivity contribution in [3.63, 3.8) is 0 Å². The first-order chi connectivity index (χ1) is 6.99. The molecule has 0 aromatic rings. The summed E-state index contributed by atoms with van der Waals surface area (Å²) in [5.74, 6) is 3.17. The molecule has 0 aromatic heterocycles. The van der Waals surface area contributed by atoms with Crippen molar-refractivity contribution >= 4 is 5.91 Å². The maximum atomic E-state index is 11.6. The van der Waals surface area contributed by atoms with E-state index in [1.54, 1.807) is 7.05 Å². The molecule has 1 amide bonds. The molecule has 0 radical (unpaired) electrons. The predicted molar refractivity (Wildman–Crippen MR) is 63.4 cm³/mol. The first kappa shape index (κ1) is 12.5. The van der Waals surface area contributed by atoms with E-state index >= 15 is 0 Å². The first-order valence-electron chi connectivity index (χ1n) is 6.20. The second-order valence-corrected chi connectivity index (χ2v) is 5.34. The van der Waals surface area contributed by atoms with Gasteiger partial charge in [-0.1, -0.05) is 34.1 Å². The largest absolute Gasteiger partial charge is 0.359 e. The van der Waals surface area contributed by atoms with Crippen LogP contribution in [0.15, 0.2) is 0 Å². The lowest BCUT2D eigenvalue weighted by Gasteiger charge is -2.28. The molecule has 1 rings (SSSR count). The third-order valence-corrected chi connectivity index (χ3v) is 4.65. The van der Waals surface area contributed by atoms with Gasteiger partial charge >= 0.3 is 0 Å². The fourth-order valence-corrected chi connectivity index (χ4v) is 2.98. The molecule has 0 bridgehead atoms. The highest BCUT2D eigenvalue weighted by Gasteiger charge is 2.36. The van der Waals surface area contributed by atoms with Crippen LogP contribution in [0.5, 0.6) is 0 Å². The molecular formula is C13H25NO. The van der Waals surface area contributed by atoms with Crippen LogP contribution in [-0.4, -0.2) is 13.0 Å². The SMILES string of the molecule is CNC(=O)[C@H](C)[C@H](C)C1CC[C@@H](C)C1C. The summed E-state index contributed by atoms with van der Waals surface area (Å²) < 4.78 is 0. The molecule has 2 heteroatoms. The topological polar surface area (TPSA) is 29.1 Å². The number of nitrogens with one attached hydrogen (secondary N) is 1. The zero-order chi connectivity index (χ0) is 11.6. The van der Waals surface area contributed by atoms with Crippen LogP contribution in [0.1, 0.15) is 40.5 Å². The van der Waals surface area contributed by atoms with Crippen molar-refractivity contribution in [2.75, 3.05) is 7.05 Å². The summed E-state index contributed by atoms with van der Waals surface area (Å²) >= 11 is 0. The zero-order valence-corrected chi connectivity index (χ0v) is 10.7. The number of carbonyl (C=O) groups is 1. The second-order valence-electron chi connectivity index (χ2n) is 5.34. The van der Waals surface area contributed by atoms with Gasteiger partial charge in [0.1, 0.15) is 0 Å². The van der Waals surface area contributed by atoms with Crippen molar-refractivity contribution in [3.8, 4) is 0 Å². The van der Waals surface area contributed by atoms with Crippen LogP contribution in [-0.2, 0) is 4.79 Å². The maximum absolute atomic E-state index is 11.6. The molecule has 88 valence electrons. The first-order valence-corrected chi connectivity index (χ1v) is 6.20. The molecule has 0 spiro atoms. The number of amides is 1. The summed E-state index contributed by atoms with van der Waals surface area (Å²) in [5, 5.41) is 2.76. The minimum atomic E-state index is 0.146. The molecule has 1 saturated carbocycles. The van der Waals surface area contributed by atoms with Gasteiger partial charge in [0.2, 0.25) is 5.91 Å². The Kier molecular flexibility index (Phi) is 4.18. The Morgan fingerprint density at radius 1 is 1.27 bits per heavy atom.